The number of anilines is 1. The van der Waals surface area contributed by atoms with E-state index < -0.39 is 0 Å². The van der Waals surface area contributed by atoms with E-state index in [0.29, 0.717) is 31.8 Å². The Morgan fingerprint density at radius 3 is 2.79 bits per heavy atom. The molecule has 0 saturated carbocycles. The first-order chi connectivity index (χ1) is 13.6. The van der Waals surface area contributed by atoms with E-state index in [-0.39, 0.29) is 11.9 Å². The lowest BCUT2D eigenvalue weighted by molar-refractivity contribution is -0.125. The molecule has 8 heteroatoms. The highest BCUT2D eigenvalue weighted by molar-refractivity contribution is 7.09. The van der Waals surface area contributed by atoms with Gasteiger partial charge in [-0.15, -0.1) is 11.3 Å². The summed E-state index contributed by atoms with van der Waals surface area (Å²) < 4.78 is 4.98. The van der Waals surface area contributed by atoms with E-state index in [2.05, 4.69) is 14.9 Å². The average Bonchev–Trinajstić information content (AvgIpc) is 2.97. The number of pyridine rings is 1. The first-order valence-corrected chi connectivity index (χ1v) is 10.2. The van der Waals surface area contributed by atoms with E-state index in [1.807, 2.05) is 23.3 Å². The first kappa shape index (κ1) is 20.0. The van der Waals surface area contributed by atoms with Crippen LogP contribution in [-0.2, 0) is 9.53 Å². The number of aromatic nitrogens is 2. The second-order valence-electron chi connectivity index (χ2n) is 6.42. The highest BCUT2D eigenvalue weighted by Crippen LogP contribution is 2.15. The standard InChI is InChI=1S/C20H24N4O3S/c1-3-27-20(26)16-5-7-18(21-13-16)23-9-4-10-24(12-11-23)19(25)8-6-17-14-28-15(2)22-17/h5-8,13-14H,3-4,9-12H2,1-2H3/b8-6+. The molecule has 1 saturated heterocycles. The fourth-order valence-electron chi connectivity index (χ4n) is 2.99. The van der Waals surface area contributed by atoms with Crippen molar-refractivity contribution in [2.75, 3.05) is 37.7 Å². The zero-order valence-corrected chi connectivity index (χ0v) is 16.9. The van der Waals surface area contributed by atoms with Gasteiger partial charge in [0, 0.05) is 43.8 Å². The SMILES string of the molecule is CCOC(=O)c1ccc(N2CCCN(C(=O)/C=C/c3csc(C)n3)CC2)nc1. The quantitative estimate of drug-likeness (QED) is 0.567. The summed E-state index contributed by atoms with van der Waals surface area (Å²) in [4.78, 5) is 36.9. The van der Waals surface area contributed by atoms with Crippen LogP contribution in [0, 0.1) is 6.92 Å². The predicted octanol–water partition coefficient (Wildman–Crippen LogP) is 2.78. The number of ether oxygens (including phenoxy) is 1. The van der Waals surface area contributed by atoms with Crippen LogP contribution in [-0.4, -0.2) is 59.5 Å². The number of hydrogen-bond acceptors (Lipinski definition) is 7. The van der Waals surface area contributed by atoms with Crippen molar-refractivity contribution in [3.05, 3.63) is 46.1 Å². The molecule has 3 heterocycles. The van der Waals surface area contributed by atoms with E-state index in [9.17, 15) is 9.59 Å². The molecule has 0 unspecified atom stereocenters. The molecule has 7 nitrogen and oxygen atoms in total. The zero-order valence-electron chi connectivity index (χ0n) is 16.1. The summed E-state index contributed by atoms with van der Waals surface area (Å²) in [5, 5.41) is 2.92. The fraction of sp³-hybridized carbons (Fsp3) is 0.400. The average molecular weight is 401 g/mol. The number of amides is 1. The van der Waals surface area contributed by atoms with Crippen LogP contribution >= 0.6 is 11.3 Å². The van der Waals surface area contributed by atoms with Gasteiger partial charge in [-0.1, -0.05) is 0 Å². The van der Waals surface area contributed by atoms with Crippen LogP contribution in [0.2, 0.25) is 0 Å². The summed E-state index contributed by atoms with van der Waals surface area (Å²) >= 11 is 1.57. The number of aryl methyl sites for hydroxylation is 1. The van der Waals surface area contributed by atoms with Gasteiger partial charge in [-0.05, 0) is 38.5 Å². The van der Waals surface area contributed by atoms with E-state index >= 15 is 0 Å². The van der Waals surface area contributed by atoms with E-state index in [1.54, 1.807) is 42.7 Å². The highest BCUT2D eigenvalue weighted by Gasteiger charge is 2.19. The summed E-state index contributed by atoms with van der Waals surface area (Å²) in [7, 11) is 0. The number of carbonyl (C=O) groups excluding carboxylic acids is 2. The van der Waals surface area contributed by atoms with Crippen molar-refractivity contribution in [2.45, 2.75) is 20.3 Å². The van der Waals surface area contributed by atoms with Gasteiger partial charge in [-0.2, -0.15) is 0 Å². The molecule has 1 fully saturated rings. The lowest BCUT2D eigenvalue weighted by Crippen LogP contribution is -2.34. The summed E-state index contributed by atoms with van der Waals surface area (Å²) in [5.41, 5.74) is 1.26. The van der Waals surface area contributed by atoms with Gasteiger partial charge in [0.25, 0.3) is 0 Å². The Kier molecular flexibility index (Phi) is 6.76. The Morgan fingerprint density at radius 1 is 1.25 bits per heavy atom. The van der Waals surface area contributed by atoms with Crippen molar-refractivity contribution in [2.24, 2.45) is 0 Å². The van der Waals surface area contributed by atoms with Crippen LogP contribution in [0.5, 0.6) is 0 Å². The highest BCUT2D eigenvalue weighted by atomic mass is 32.1. The Morgan fingerprint density at radius 2 is 2.11 bits per heavy atom. The third kappa shape index (κ3) is 5.16. The molecule has 1 aliphatic heterocycles. The van der Waals surface area contributed by atoms with Crippen LogP contribution in [0.3, 0.4) is 0 Å². The zero-order chi connectivity index (χ0) is 19.9. The Balaban J connectivity index is 1.57. The van der Waals surface area contributed by atoms with Crippen molar-refractivity contribution in [3.8, 4) is 0 Å². The van der Waals surface area contributed by atoms with E-state index in [1.165, 1.54) is 0 Å². The molecule has 0 spiro atoms. The second kappa shape index (κ2) is 9.45. The molecule has 1 amide bonds. The van der Waals surface area contributed by atoms with E-state index in [0.717, 1.165) is 29.5 Å². The van der Waals surface area contributed by atoms with Gasteiger partial charge < -0.3 is 14.5 Å². The smallest absolute Gasteiger partial charge is 0.339 e. The van der Waals surface area contributed by atoms with Gasteiger partial charge >= 0.3 is 5.97 Å². The molecule has 0 radical (unpaired) electrons. The van der Waals surface area contributed by atoms with Crippen LogP contribution in [0.1, 0.15) is 34.4 Å². The number of nitrogens with zero attached hydrogens (tertiary/aromatic N) is 4. The maximum atomic E-state index is 12.5. The van der Waals surface area contributed by atoms with Gasteiger partial charge in [-0.25, -0.2) is 14.8 Å². The van der Waals surface area contributed by atoms with Crippen LogP contribution < -0.4 is 4.90 Å². The summed E-state index contributed by atoms with van der Waals surface area (Å²) in [5.74, 6) is 0.435. The Hall–Kier alpha value is -2.74. The Labute approximate surface area is 168 Å². The molecule has 1 aliphatic rings. The molecule has 0 aliphatic carbocycles. The monoisotopic (exact) mass is 400 g/mol. The minimum atomic E-state index is -0.365. The molecule has 148 valence electrons. The fourth-order valence-corrected chi connectivity index (χ4v) is 3.57. The lowest BCUT2D eigenvalue weighted by atomic mass is 10.2. The van der Waals surface area contributed by atoms with Gasteiger partial charge in [0.1, 0.15) is 5.82 Å². The molecular formula is C20H24N4O3S. The predicted molar refractivity (Wildman–Crippen MR) is 109 cm³/mol. The Bertz CT molecular complexity index is 847. The lowest BCUT2D eigenvalue weighted by Gasteiger charge is -2.22. The minimum absolute atomic E-state index is 0.00174. The number of hydrogen-bond donors (Lipinski definition) is 0. The normalized spacial score (nSPS) is 14.9. The molecule has 28 heavy (non-hydrogen) atoms. The van der Waals surface area contributed by atoms with Gasteiger partial charge in [0.05, 0.1) is 22.9 Å². The maximum absolute atomic E-state index is 12.5. The van der Waals surface area contributed by atoms with Gasteiger partial charge in [-0.3, -0.25) is 4.79 Å². The number of esters is 1. The van der Waals surface area contributed by atoms with Gasteiger partial charge in [0.2, 0.25) is 5.91 Å². The molecule has 3 rings (SSSR count). The molecule has 0 atom stereocenters. The van der Waals surface area contributed by atoms with Crippen molar-refractivity contribution in [1.29, 1.82) is 0 Å². The molecule has 0 bridgehead atoms. The molecule has 2 aromatic rings. The van der Waals surface area contributed by atoms with Crippen molar-refractivity contribution in [3.63, 3.8) is 0 Å². The third-order valence-corrected chi connectivity index (χ3v) is 5.22. The molecular weight excluding hydrogens is 376 g/mol. The minimum Gasteiger partial charge on any atom is -0.462 e. The number of carbonyl (C=O) groups is 2. The second-order valence-corrected chi connectivity index (χ2v) is 7.48. The largest absolute Gasteiger partial charge is 0.462 e. The van der Waals surface area contributed by atoms with Crippen molar-refractivity contribution < 1.29 is 14.3 Å². The van der Waals surface area contributed by atoms with Crippen molar-refractivity contribution >= 4 is 35.1 Å². The summed E-state index contributed by atoms with van der Waals surface area (Å²) in [6.45, 7) is 6.90. The maximum Gasteiger partial charge on any atom is 0.339 e. The van der Waals surface area contributed by atoms with Crippen LogP contribution in [0.4, 0.5) is 5.82 Å². The third-order valence-electron chi connectivity index (χ3n) is 4.42. The van der Waals surface area contributed by atoms with Gasteiger partial charge in [0.15, 0.2) is 0 Å². The van der Waals surface area contributed by atoms with Crippen LogP contribution in [0.25, 0.3) is 6.08 Å². The molecule has 2 aromatic heterocycles. The molecule has 0 N–H and O–H groups in total. The topological polar surface area (TPSA) is 75.6 Å². The molecule has 0 aromatic carbocycles. The first-order valence-electron chi connectivity index (χ1n) is 9.34. The number of rotatable bonds is 5. The number of thiazole rings is 1. The van der Waals surface area contributed by atoms with Crippen LogP contribution in [0.15, 0.2) is 29.8 Å². The van der Waals surface area contributed by atoms with Crippen molar-refractivity contribution in [1.82, 2.24) is 14.9 Å². The summed E-state index contributed by atoms with van der Waals surface area (Å²) in [6.07, 6.45) is 5.76. The van der Waals surface area contributed by atoms with E-state index in [4.69, 9.17) is 4.74 Å². The summed E-state index contributed by atoms with van der Waals surface area (Å²) in [6, 6.07) is 3.56.